The normalized spacial score (nSPS) is 18.5. The second-order valence-corrected chi connectivity index (χ2v) is 3.91. The summed E-state index contributed by atoms with van der Waals surface area (Å²) in [5.74, 6) is -1.18. The fraction of sp³-hybridized carbons (Fsp3) is 0.600. The van der Waals surface area contributed by atoms with Gasteiger partial charge in [-0.25, -0.2) is 4.79 Å². The molecule has 0 aliphatic heterocycles. The molecule has 5 nitrogen and oxygen atoms in total. The first-order valence-electron chi connectivity index (χ1n) is 5.11. The highest BCUT2D eigenvalue weighted by Crippen LogP contribution is 2.31. The molecule has 1 aromatic heterocycles. The van der Waals surface area contributed by atoms with Crippen molar-refractivity contribution in [1.82, 2.24) is 9.78 Å². The summed E-state index contributed by atoms with van der Waals surface area (Å²) in [6.07, 6.45) is 3.84. The van der Waals surface area contributed by atoms with E-state index in [1.54, 1.807) is 12.3 Å². The van der Waals surface area contributed by atoms with Gasteiger partial charge in [-0.2, -0.15) is 5.10 Å². The van der Waals surface area contributed by atoms with Crippen molar-refractivity contribution < 1.29 is 15.0 Å². The fourth-order valence-corrected chi connectivity index (χ4v) is 1.75. The number of rotatable bonds is 4. The highest BCUT2D eigenvalue weighted by molar-refractivity contribution is 5.72. The topological polar surface area (TPSA) is 75.3 Å². The zero-order valence-electron chi connectivity index (χ0n) is 8.33. The van der Waals surface area contributed by atoms with Gasteiger partial charge in [0.25, 0.3) is 0 Å². The molecule has 15 heavy (non-hydrogen) atoms. The van der Waals surface area contributed by atoms with E-state index < -0.39 is 12.1 Å². The van der Waals surface area contributed by atoms with E-state index in [0.717, 1.165) is 18.5 Å². The van der Waals surface area contributed by atoms with Crippen molar-refractivity contribution in [1.29, 1.82) is 0 Å². The molecule has 0 spiro atoms. The lowest BCUT2D eigenvalue weighted by molar-refractivity contribution is -0.146. The van der Waals surface area contributed by atoms with Gasteiger partial charge >= 0.3 is 5.97 Å². The molecule has 1 fully saturated rings. The standard InChI is InChI=1S/C10H14N2O3/c13-9(10(14)15)6-8-4-5-11-12(8)7-2-1-3-7/h4-5,7,9,13H,1-3,6H2,(H,14,15). The molecule has 5 heteroatoms. The first kappa shape index (κ1) is 10.2. The lowest BCUT2D eigenvalue weighted by atomic mass is 9.93. The van der Waals surface area contributed by atoms with Gasteiger partial charge in [0, 0.05) is 18.3 Å². The van der Waals surface area contributed by atoms with Crippen molar-refractivity contribution in [2.75, 3.05) is 0 Å². The Balaban J connectivity index is 2.07. The largest absolute Gasteiger partial charge is 0.479 e. The van der Waals surface area contributed by atoms with Crippen molar-refractivity contribution in [3.05, 3.63) is 18.0 Å². The Morgan fingerprint density at radius 1 is 1.67 bits per heavy atom. The van der Waals surface area contributed by atoms with E-state index in [2.05, 4.69) is 5.10 Å². The highest BCUT2D eigenvalue weighted by atomic mass is 16.4. The van der Waals surface area contributed by atoms with Crippen LogP contribution in [0.1, 0.15) is 31.0 Å². The monoisotopic (exact) mass is 210 g/mol. The van der Waals surface area contributed by atoms with Crippen molar-refractivity contribution in [3.63, 3.8) is 0 Å². The molecule has 2 N–H and O–H groups in total. The minimum absolute atomic E-state index is 0.131. The van der Waals surface area contributed by atoms with E-state index in [1.165, 1.54) is 6.42 Å². The Morgan fingerprint density at radius 2 is 2.40 bits per heavy atom. The minimum atomic E-state index is -1.33. The van der Waals surface area contributed by atoms with Crippen LogP contribution in [0.15, 0.2) is 12.3 Å². The van der Waals surface area contributed by atoms with Gasteiger partial charge < -0.3 is 10.2 Å². The van der Waals surface area contributed by atoms with Crippen LogP contribution in [-0.4, -0.2) is 32.1 Å². The quantitative estimate of drug-likeness (QED) is 0.762. The van der Waals surface area contributed by atoms with Gasteiger partial charge in [-0.1, -0.05) is 0 Å². The van der Waals surface area contributed by atoms with Crippen LogP contribution in [0.5, 0.6) is 0 Å². The summed E-state index contributed by atoms with van der Waals surface area (Å²) in [4.78, 5) is 10.5. The lowest BCUT2D eigenvalue weighted by Crippen LogP contribution is -2.26. The molecular formula is C10H14N2O3. The molecule has 1 heterocycles. The van der Waals surface area contributed by atoms with E-state index in [-0.39, 0.29) is 6.42 Å². The molecule has 0 amide bonds. The van der Waals surface area contributed by atoms with Gasteiger partial charge in [-0.3, -0.25) is 4.68 Å². The van der Waals surface area contributed by atoms with Crippen molar-refractivity contribution in [2.24, 2.45) is 0 Å². The van der Waals surface area contributed by atoms with Crippen molar-refractivity contribution in [3.8, 4) is 0 Å². The second kappa shape index (κ2) is 4.02. The Labute approximate surface area is 87.3 Å². The zero-order valence-corrected chi connectivity index (χ0v) is 8.33. The lowest BCUT2D eigenvalue weighted by Gasteiger charge is -2.27. The molecule has 1 aromatic rings. The highest BCUT2D eigenvalue weighted by Gasteiger charge is 2.24. The van der Waals surface area contributed by atoms with E-state index in [4.69, 9.17) is 5.11 Å². The number of hydrogen-bond acceptors (Lipinski definition) is 3. The third kappa shape index (κ3) is 2.02. The molecule has 1 aliphatic carbocycles. The van der Waals surface area contributed by atoms with E-state index >= 15 is 0 Å². The van der Waals surface area contributed by atoms with Crippen LogP contribution in [-0.2, 0) is 11.2 Å². The number of hydrogen-bond donors (Lipinski definition) is 2. The zero-order chi connectivity index (χ0) is 10.8. The van der Waals surface area contributed by atoms with E-state index in [9.17, 15) is 9.90 Å². The minimum Gasteiger partial charge on any atom is -0.479 e. The predicted octanol–water partition coefficient (Wildman–Crippen LogP) is 0.596. The predicted molar refractivity (Wildman–Crippen MR) is 52.5 cm³/mol. The molecule has 0 saturated heterocycles. The average Bonchev–Trinajstić information content (AvgIpc) is 2.50. The van der Waals surface area contributed by atoms with Crippen molar-refractivity contribution in [2.45, 2.75) is 37.8 Å². The van der Waals surface area contributed by atoms with Gasteiger partial charge in [0.05, 0.1) is 6.04 Å². The third-order valence-corrected chi connectivity index (χ3v) is 2.86. The molecule has 0 aromatic carbocycles. The molecule has 82 valence electrons. The first-order chi connectivity index (χ1) is 7.18. The molecule has 2 rings (SSSR count). The van der Waals surface area contributed by atoms with Crippen LogP contribution < -0.4 is 0 Å². The summed E-state index contributed by atoms with van der Waals surface area (Å²) in [5, 5.41) is 22.0. The fourth-order valence-electron chi connectivity index (χ4n) is 1.75. The Hall–Kier alpha value is -1.36. The van der Waals surface area contributed by atoms with Gasteiger partial charge in [0.2, 0.25) is 0 Å². The number of aliphatic hydroxyl groups excluding tert-OH is 1. The smallest absolute Gasteiger partial charge is 0.332 e. The van der Waals surface area contributed by atoms with E-state index in [1.807, 2.05) is 4.68 Å². The number of carboxylic acids is 1. The Bertz CT molecular complexity index is 357. The van der Waals surface area contributed by atoms with Gasteiger partial charge in [0.15, 0.2) is 6.10 Å². The number of carboxylic acid groups (broad SMARTS) is 1. The van der Waals surface area contributed by atoms with Crippen LogP contribution in [0.2, 0.25) is 0 Å². The third-order valence-electron chi connectivity index (χ3n) is 2.86. The molecule has 1 unspecified atom stereocenters. The summed E-state index contributed by atoms with van der Waals surface area (Å²) >= 11 is 0. The maximum absolute atomic E-state index is 10.5. The number of aliphatic hydroxyl groups is 1. The second-order valence-electron chi connectivity index (χ2n) is 3.91. The first-order valence-corrected chi connectivity index (χ1v) is 5.11. The molecular weight excluding hydrogens is 196 g/mol. The molecule has 0 radical (unpaired) electrons. The van der Waals surface area contributed by atoms with Crippen molar-refractivity contribution >= 4 is 5.97 Å². The van der Waals surface area contributed by atoms with Crippen LogP contribution in [0.4, 0.5) is 0 Å². The number of aromatic nitrogens is 2. The average molecular weight is 210 g/mol. The molecule has 1 aliphatic rings. The summed E-state index contributed by atoms with van der Waals surface area (Å²) in [6.45, 7) is 0. The SMILES string of the molecule is O=C(O)C(O)Cc1ccnn1C1CCC1. The van der Waals surface area contributed by atoms with Gasteiger partial charge in [-0.05, 0) is 25.3 Å². The van der Waals surface area contributed by atoms with Gasteiger partial charge in [-0.15, -0.1) is 0 Å². The number of nitrogens with zero attached hydrogens (tertiary/aromatic N) is 2. The van der Waals surface area contributed by atoms with Crippen LogP contribution in [0.25, 0.3) is 0 Å². The molecule has 1 saturated carbocycles. The van der Waals surface area contributed by atoms with Gasteiger partial charge in [0.1, 0.15) is 0 Å². The molecule has 1 atom stereocenters. The molecule has 0 bridgehead atoms. The summed E-state index contributed by atoms with van der Waals surface area (Å²) < 4.78 is 1.84. The Morgan fingerprint density at radius 3 is 2.93 bits per heavy atom. The Kier molecular flexibility index (Phi) is 2.73. The van der Waals surface area contributed by atoms with Crippen LogP contribution >= 0.6 is 0 Å². The summed E-state index contributed by atoms with van der Waals surface area (Å²) in [6, 6.07) is 2.17. The van der Waals surface area contributed by atoms with E-state index in [0.29, 0.717) is 6.04 Å². The summed E-state index contributed by atoms with van der Waals surface area (Å²) in [5.41, 5.74) is 0.801. The van der Waals surface area contributed by atoms with Crippen LogP contribution in [0, 0.1) is 0 Å². The summed E-state index contributed by atoms with van der Waals surface area (Å²) in [7, 11) is 0. The number of aliphatic carboxylic acids is 1. The maximum Gasteiger partial charge on any atom is 0.332 e. The maximum atomic E-state index is 10.5. The van der Waals surface area contributed by atoms with Crippen LogP contribution in [0.3, 0.4) is 0 Å². The number of carbonyl (C=O) groups is 1.